The highest BCUT2D eigenvalue weighted by atomic mass is 32.2. The molecular formula is C10H14N2OS. The van der Waals surface area contributed by atoms with Crippen LogP contribution in [0.15, 0.2) is 12.3 Å². The first-order valence-corrected chi connectivity index (χ1v) is 5.77. The van der Waals surface area contributed by atoms with E-state index >= 15 is 0 Å². The molecule has 0 aliphatic carbocycles. The van der Waals surface area contributed by atoms with Crippen molar-refractivity contribution in [3.63, 3.8) is 0 Å². The lowest BCUT2D eigenvalue weighted by Crippen LogP contribution is -1.98. The topological polar surface area (TPSA) is 48.1 Å². The maximum Gasteiger partial charge on any atom is 0.236 e. The summed E-state index contributed by atoms with van der Waals surface area (Å²) in [5.41, 5.74) is 7.67. The van der Waals surface area contributed by atoms with Crippen molar-refractivity contribution in [2.45, 2.75) is 18.1 Å². The molecule has 1 saturated heterocycles. The van der Waals surface area contributed by atoms with Gasteiger partial charge in [-0.3, -0.25) is 0 Å². The second-order valence-corrected chi connectivity index (χ2v) is 4.68. The molecular weight excluding hydrogens is 196 g/mol. The molecule has 1 aliphatic heterocycles. The van der Waals surface area contributed by atoms with Gasteiger partial charge in [0.15, 0.2) is 0 Å². The minimum absolute atomic E-state index is 0.525. The second-order valence-electron chi connectivity index (χ2n) is 3.37. The van der Waals surface area contributed by atoms with Crippen LogP contribution in [0.25, 0.3) is 0 Å². The van der Waals surface area contributed by atoms with E-state index in [0.717, 1.165) is 0 Å². The molecule has 2 N–H and O–H groups in total. The van der Waals surface area contributed by atoms with Gasteiger partial charge in [-0.1, -0.05) is 0 Å². The van der Waals surface area contributed by atoms with E-state index in [1.165, 1.54) is 24.2 Å². The molecule has 76 valence electrons. The van der Waals surface area contributed by atoms with Crippen LogP contribution in [0.3, 0.4) is 0 Å². The fraction of sp³-hybridized carbons (Fsp3) is 0.500. The Kier molecular flexibility index (Phi) is 2.82. The summed E-state index contributed by atoms with van der Waals surface area (Å²) in [5.74, 6) is 1.77. The Morgan fingerprint density at radius 1 is 1.64 bits per heavy atom. The number of rotatable bonds is 2. The average molecular weight is 210 g/mol. The lowest BCUT2D eigenvalue weighted by Gasteiger charge is -2.10. The Labute approximate surface area is 88.0 Å². The lowest BCUT2D eigenvalue weighted by atomic mass is 10.1. The number of aromatic nitrogens is 1. The molecule has 1 aliphatic rings. The zero-order valence-electron chi connectivity index (χ0n) is 8.19. The molecule has 0 aromatic carbocycles. The van der Waals surface area contributed by atoms with Crippen molar-refractivity contribution >= 4 is 17.4 Å². The average Bonchev–Trinajstić information content (AvgIpc) is 2.70. The van der Waals surface area contributed by atoms with Crippen molar-refractivity contribution < 1.29 is 4.74 Å². The monoisotopic (exact) mass is 210 g/mol. The number of methoxy groups -OCH3 is 1. The van der Waals surface area contributed by atoms with E-state index in [-0.39, 0.29) is 0 Å². The highest BCUT2D eigenvalue weighted by Crippen LogP contribution is 2.40. The Balaban J connectivity index is 2.23. The Morgan fingerprint density at radius 3 is 3.07 bits per heavy atom. The number of nitrogens with two attached hydrogens (primary N) is 1. The fourth-order valence-corrected chi connectivity index (χ4v) is 2.95. The SMILES string of the molecule is COc1ncc(C2CCCS2)cc1N. The van der Waals surface area contributed by atoms with E-state index in [2.05, 4.69) is 4.98 Å². The first kappa shape index (κ1) is 9.65. The first-order valence-electron chi connectivity index (χ1n) is 4.72. The normalized spacial score (nSPS) is 21.1. The molecule has 3 nitrogen and oxygen atoms in total. The lowest BCUT2D eigenvalue weighted by molar-refractivity contribution is 0.400. The fourth-order valence-electron chi connectivity index (χ4n) is 1.67. The van der Waals surface area contributed by atoms with Gasteiger partial charge in [-0.05, 0) is 30.2 Å². The molecule has 1 atom stereocenters. The summed E-state index contributed by atoms with van der Waals surface area (Å²) in [7, 11) is 1.59. The molecule has 0 saturated carbocycles. The van der Waals surface area contributed by atoms with Crippen LogP contribution in [0.2, 0.25) is 0 Å². The van der Waals surface area contributed by atoms with Gasteiger partial charge in [0.05, 0.1) is 12.8 Å². The summed E-state index contributed by atoms with van der Waals surface area (Å²) >= 11 is 1.98. The van der Waals surface area contributed by atoms with Crippen molar-refractivity contribution in [2.75, 3.05) is 18.6 Å². The van der Waals surface area contributed by atoms with E-state index < -0.39 is 0 Å². The van der Waals surface area contributed by atoms with E-state index in [1.807, 2.05) is 24.0 Å². The minimum atomic E-state index is 0.525. The zero-order valence-corrected chi connectivity index (χ0v) is 9.01. The van der Waals surface area contributed by atoms with Crippen LogP contribution in [0.4, 0.5) is 5.69 Å². The standard InChI is InChI=1S/C10H14N2OS/c1-13-10-8(11)5-7(6-12-10)9-3-2-4-14-9/h5-6,9H,2-4,11H2,1H3. The van der Waals surface area contributed by atoms with Crippen LogP contribution < -0.4 is 10.5 Å². The molecule has 0 amide bonds. The molecule has 0 bridgehead atoms. The smallest absolute Gasteiger partial charge is 0.236 e. The predicted molar refractivity (Wildman–Crippen MR) is 59.6 cm³/mol. The first-order chi connectivity index (χ1) is 6.81. The number of anilines is 1. The zero-order chi connectivity index (χ0) is 9.97. The quantitative estimate of drug-likeness (QED) is 0.813. The van der Waals surface area contributed by atoms with Crippen molar-refractivity contribution in [3.05, 3.63) is 17.8 Å². The van der Waals surface area contributed by atoms with E-state index in [4.69, 9.17) is 10.5 Å². The van der Waals surface area contributed by atoms with Crippen LogP contribution in [0.5, 0.6) is 5.88 Å². The van der Waals surface area contributed by atoms with E-state index in [1.54, 1.807) is 7.11 Å². The number of ether oxygens (including phenoxy) is 1. The number of nitrogens with zero attached hydrogens (tertiary/aromatic N) is 1. The minimum Gasteiger partial charge on any atom is -0.480 e. The number of hydrogen-bond donors (Lipinski definition) is 1. The maximum absolute atomic E-state index is 5.80. The maximum atomic E-state index is 5.80. The summed E-state index contributed by atoms with van der Waals surface area (Å²) in [4.78, 5) is 4.18. The van der Waals surface area contributed by atoms with Gasteiger partial charge in [0.2, 0.25) is 5.88 Å². The Morgan fingerprint density at radius 2 is 2.50 bits per heavy atom. The van der Waals surface area contributed by atoms with Crippen molar-refractivity contribution in [1.29, 1.82) is 0 Å². The third-order valence-corrected chi connectivity index (χ3v) is 3.83. The molecule has 1 aromatic heterocycles. The molecule has 0 spiro atoms. The largest absolute Gasteiger partial charge is 0.480 e. The van der Waals surface area contributed by atoms with Gasteiger partial charge in [-0.2, -0.15) is 11.8 Å². The van der Waals surface area contributed by atoms with Crippen molar-refractivity contribution in [1.82, 2.24) is 4.98 Å². The van der Waals surface area contributed by atoms with Crippen LogP contribution >= 0.6 is 11.8 Å². The molecule has 2 heterocycles. The van der Waals surface area contributed by atoms with Gasteiger partial charge in [0.25, 0.3) is 0 Å². The van der Waals surface area contributed by atoms with Crippen LogP contribution in [0.1, 0.15) is 23.7 Å². The van der Waals surface area contributed by atoms with Gasteiger partial charge in [-0.25, -0.2) is 4.98 Å². The summed E-state index contributed by atoms with van der Waals surface area (Å²) < 4.78 is 5.02. The van der Waals surface area contributed by atoms with Gasteiger partial charge in [-0.15, -0.1) is 0 Å². The molecule has 0 radical (unpaired) electrons. The van der Waals surface area contributed by atoms with Gasteiger partial charge in [0, 0.05) is 11.4 Å². The number of nitrogen functional groups attached to an aromatic ring is 1. The highest BCUT2D eigenvalue weighted by Gasteiger charge is 2.18. The molecule has 1 aromatic rings. The number of pyridine rings is 1. The van der Waals surface area contributed by atoms with Crippen LogP contribution in [-0.4, -0.2) is 17.8 Å². The molecule has 2 rings (SSSR count). The number of hydrogen-bond acceptors (Lipinski definition) is 4. The third-order valence-electron chi connectivity index (χ3n) is 2.39. The number of thioether (sulfide) groups is 1. The van der Waals surface area contributed by atoms with Crippen LogP contribution in [0, 0.1) is 0 Å². The summed E-state index contributed by atoms with van der Waals surface area (Å²) in [6, 6.07) is 1.98. The predicted octanol–water partition coefficient (Wildman–Crippen LogP) is 2.24. The molecule has 1 fully saturated rings. The molecule has 4 heteroatoms. The third kappa shape index (κ3) is 1.80. The summed E-state index contributed by atoms with van der Waals surface area (Å²) in [5, 5.41) is 0.579. The van der Waals surface area contributed by atoms with Gasteiger partial charge >= 0.3 is 0 Å². The second kappa shape index (κ2) is 4.09. The molecule has 14 heavy (non-hydrogen) atoms. The van der Waals surface area contributed by atoms with E-state index in [9.17, 15) is 0 Å². The molecule has 1 unspecified atom stereocenters. The van der Waals surface area contributed by atoms with Gasteiger partial charge < -0.3 is 10.5 Å². The highest BCUT2D eigenvalue weighted by molar-refractivity contribution is 7.99. The van der Waals surface area contributed by atoms with Crippen LogP contribution in [-0.2, 0) is 0 Å². The van der Waals surface area contributed by atoms with E-state index in [0.29, 0.717) is 16.8 Å². The Hall–Kier alpha value is -0.900. The summed E-state index contributed by atoms with van der Waals surface area (Å²) in [6.07, 6.45) is 4.40. The van der Waals surface area contributed by atoms with Gasteiger partial charge in [0.1, 0.15) is 0 Å². The van der Waals surface area contributed by atoms with Crippen molar-refractivity contribution in [3.8, 4) is 5.88 Å². The summed E-state index contributed by atoms with van der Waals surface area (Å²) in [6.45, 7) is 0. The Bertz CT molecular complexity index is 324. The van der Waals surface area contributed by atoms with Crippen molar-refractivity contribution in [2.24, 2.45) is 0 Å².